The molecule has 0 radical (unpaired) electrons. The molecule has 1 aromatic rings. The zero-order chi connectivity index (χ0) is 15.1. The number of nitrogens with zero attached hydrogens (tertiary/aromatic N) is 2. The SMILES string of the molecule is CCOc1cc(C)nc(NC(CC(C)C)C(=O)OC)n1. The summed E-state index contributed by atoms with van der Waals surface area (Å²) in [5, 5.41) is 3.02. The first kappa shape index (κ1) is 16.2. The third-order valence-electron chi connectivity index (χ3n) is 2.62. The average molecular weight is 281 g/mol. The van der Waals surface area contributed by atoms with Gasteiger partial charge in [0, 0.05) is 11.8 Å². The van der Waals surface area contributed by atoms with Crippen molar-refractivity contribution in [2.45, 2.75) is 40.2 Å². The molecule has 0 bridgehead atoms. The van der Waals surface area contributed by atoms with E-state index in [-0.39, 0.29) is 5.97 Å². The van der Waals surface area contributed by atoms with Crippen LogP contribution in [0.1, 0.15) is 32.9 Å². The first-order valence-electron chi connectivity index (χ1n) is 6.79. The Kier molecular flexibility index (Phi) is 6.21. The van der Waals surface area contributed by atoms with E-state index in [9.17, 15) is 4.79 Å². The highest BCUT2D eigenvalue weighted by atomic mass is 16.5. The number of anilines is 1. The van der Waals surface area contributed by atoms with Crippen molar-refractivity contribution in [2.75, 3.05) is 19.0 Å². The van der Waals surface area contributed by atoms with Gasteiger partial charge in [0.1, 0.15) is 6.04 Å². The Bertz CT molecular complexity index is 449. The van der Waals surface area contributed by atoms with Crippen molar-refractivity contribution in [3.63, 3.8) is 0 Å². The van der Waals surface area contributed by atoms with Crippen molar-refractivity contribution >= 4 is 11.9 Å². The maximum Gasteiger partial charge on any atom is 0.328 e. The van der Waals surface area contributed by atoms with Gasteiger partial charge in [0.2, 0.25) is 11.8 Å². The predicted molar refractivity (Wildman–Crippen MR) is 76.8 cm³/mol. The largest absolute Gasteiger partial charge is 0.478 e. The number of nitrogens with one attached hydrogen (secondary N) is 1. The number of carbonyl (C=O) groups excluding carboxylic acids is 1. The van der Waals surface area contributed by atoms with Crippen LogP contribution in [0.15, 0.2) is 6.07 Å². The van der Waals surface area contributed by atoms with Gasteiger partial charge >= 0.3 is 5.97 Å². The number of methoxy groups -OCH3 is 1. The van der Waals surface area contributed by atoms with Gasteiger partial charge in [0.25, 0.3) is 0 Å². The molecule has 0 aliphatic carbocycles. The van der Waals surface area contributed by atoms with Gasteiger partial charge < -0.3 is 14.8 Å². The van der Waals surface area contributed by atoms with Crippen molar-refractivity contribution in [2.24, 2.45) is 5.92 Å². The minimum absolute atomic E-state index is 0.318. The first-order chi connectivity index (χ1) is 9.46. The zero-order valence-corrected chi connectivity index (χ0v) is 12.8. The lowest BCUT2D eigenvalue weighted by molar-refractivity contribution is -0.141. The summed E-state index contributed by atoms with van der Waals surface area (Å²) in [7, 11) is 1.38. The van der Waals surface area contributed by atoms with Gasteiger partial charge in [-0.2, -0.15) is 4.98 Å². The molecule has 0 saturated heterocycles. The number of hydrogen-bond donors (Lipinski definition) is 1. The molecule has 20 heavy (non-hydrogen) atoms. The van der Waals surface area contributed by atoms with Crippen LogP contribution in [0.2, 0.25) is 0 Å². The molecule has 6 nitrogen and oxygen atoms in total. The van der Waals surface area contributed by atoms with Crippen LogP contribution in [-0.2, 0) is 9.53 Å². The van der Waals surface area contributed by atoms with Gasteiger partial charge in [-0.25, -0.2) is 9.78 Å². The third kappa shape index (κ3) is 5.03. The molecule has 112 valence electrons. The monoisotopic (exact) mass is 281 g/mol. The highest BCUT2D eigenvalue weighted by Crippen LogP contribution is 2.15. The zero-order valence-electron chi connectivity index (χ0n) is 12.8. The molecule has 0 aromatic carbocycles. The number of esters is 1. The van der Waals surface area contributed by atoms with Crippen LogP contribution in [0.3, 0.4) is 0 Å². The van der Waals surface area contributed by atoms with Gasteiger partial charge in [0.15, 0.2) is 0 Å². The average Bonchev–Trinajstić information content (AvgIpc) is 2.36. The molecule has 1 heterocycles. The van der Waals surface area contributed by atoms with E-state index in [4.69, 9.17) is 9.47 Å². The van der Waals surface area contributed by atoms with E-state index in [0.29, 0.717) is 30.8 Å². The van der Waals surface area contributed by atoms with Crippen LogP contribution in [0.4, 0.5) is 5.95 Å². The van der Waals surface area contributed by atoms with Gasteiger partial charge in [-0.05, 0) is 26.2 Å². The quantitative estimate of drug-likeness (QED) is 0.772. The Morgan fingerprint density at radius 2 is 2.10 bits per heavy atom. The highest BCUT2D eigenvalue weighted by Gasteiger charge is 2.21. The maximum absolute atomic E-state index is 11.8. The Morgan fingerprint density at radius 3 is 2.65 bits per heavy atom. The van der Waals surface area contributed by atoms with Crippen LogP contribution in [0.5, 0.6) is 5.88 Å². The summed E-state index contributed by atoms with van der Waals surface area (Å²) in [4.78, 5) is 20.3. The molecule has 0 aliphatic heterocycles. The number of aromatic nitrogens is 2. The highest BCUT2D eigenvalue weighted by molar-refractivity contribution is 5.78. The van der Waals surface area contributed by atoms with Crippen LogP contribution in [0.25, 0.3) is 0 Å². The van der Waals surface area contributed by atoms with Gasteiger partial charge in [0.05, 0.1) is 13.7 Å². The lowest BCUT2D eigenvalue weighted by Gasteiger charge is -2.18. The van der Waals surface area contributed by atoms with Crippen molar-refractivity contribution in [1.29, 1.82) is 0 Å². The summed E-state index contributed by atoms with van der Waals surface area (Å²) in [5.74, 6) is 0.907. The van der Waals surface area contributed by atoms with E-state index in [1.165, 1.54) is 7.11 Å². The third-order valence-corrected chi connectivity index (χ3v) is 2.62. The summed E-state index contributed by atoms with van der Waals surface area (Å²) >= 11 is 0. The predicted octanol–water partition coefficient (Wildman–Crippen LogP) is 2.18. The maximum atomic E-state index is 11.8. The Hall–Kier alpha value is -1.85. The smallest absolute Gasteiger partial charge is 0.328 e. The fourth-order valence-corrected chi connectivity index (χ4v) is 1.81. The van der Waals surface area contributed by atoms with Gasteiger partial charge in [-0.15, -0.1) is 0 Å². The number of carbonyl (C=O) groups is 1. The van der Waals surface area contributed by atoms with Crippen molar-refractivity contribution in [3.05, 3.63) is 11.8 Å². The normalized spacial score (nSPS) is 12.1. The fraction of sp³-hybridized carbons (Fsp3) is 0.643. The van der Waals surface area contributed by atoms with Crippen LogP contribution >= 0.6 is 0 Å². The van der Waals surface area contributed by atoms with Crippen molar-refractivity contribution in [3.8, 4) is 5.88 Å². The molecule has 0 fully saturated rings. The molecule has 1 rings (SSSR count). The lowest BCUT2D eigenvalue weighted by atomic mass is 10.0. The minimum Gasteiger partial charge on any atom is -0.478 e. The van der Waals surface area contributed by atoms with E-state index >= 15 is 0 Å². The fourth-order valence-electron chi connectivity index (χ4n) is 1.81. The molecule has 0 saturated carbocycles. The summed E-state index contributed by atoms with van der Waals surface area (Å²) in [6, 6.07) is 1.29. The molecule has 0 aliphatic rings. The minimum atomic E-state index is -0.462. The molecule has 1 unspecified atom stereocenters. The van der Waals surface area contributed by atoms with Crippen molar-refractivity contribution in [1.82, 2.24) is 9.97 Å². The standard InChI is InChI=1S/C14H23N3O3/c1-6-20-12-8-10(4)15-14(17-12)16-11(7-9(2)3)13(18)19-5/h8-9,11H,6-7H2,1-5H3,(H,15,16,17). The summed E-state index contributed by atoms with van der Waals surface area (Å²) in [6.45, 7) is 8.36. The number of ether oxygens (including phenoxy) is 2. The van der Waals surface area contributed by atoms with E-state index in [0.717, 1.165) is 5.69 Å². The first-order valence-corrected chi connectivity index (χ1v) is 6.79. The molecule has 6 heteroatoms. The van der Waals surface area contributed by atoms with Gasteiger partial charge in [-0.3, -0.25) is 0 Å². The molecule has 1 atom stereocenters. The summed E-state index contributed by atoms with van der Waals surface area (Å²) in [6.07, 6.45) is 0.647. The van der Waals surface area contributed by atoms with E-state index in [1.807, 2.05) is 27.7 Å². The number of hydrogen-bond acceptors (Lipinski definition) is 6. The molecular formula is C14H23N3O3. The second kappa shape index (κ2) is 7.67. The van der Waals surface area contributed by atoms with Crippen LogP contribution in [-0.4, -0.2) is 35.7 Å². The van der Waals surface area contributed by atoms with E-state index in [1.54, 1.807) is 6.07 Å². The van der Waals surface area contributed by atoms with E-state index < -0.39 is 6.04 Å². The number of aryl methyl sites for hydroxylation is 1. The lowest BCUT2D eigenvalue weighted by Crippen LogP contribution is -2.32. The Morgan fingerprint density at radius 1 is 1.40 bits per heavy atom. The molecule has 1 N–H and O–H groups in total. The topological polar surface area (TPSA) is 73.3 Å². The molecular weight excluding hydrogens is 258 g/mol. The summed E-state index contributed by atoms with van der Waals surface area (Å²) < 4.78 is 10.2. The van der Waals surface area contributed by atoms with Gasteiger partial charge in [-0.1, -0.05) is 13.8 Å². The Labute approximate surface area is 119 Å². The van der Waals surface area contributed by atoms with Crippen molar-refractivity contribution < 1.29 is 14.3 Å². The van der Waals surface area contributed by atoms with Crippen LogP contribution in [0, 0.1) is 12.8 Å². The second-order valence-corrected chi connectivity index (χ2v) is 4.95. The molecule has 1 aromatic heterocycles. The van der Waals surface area contributed by atoms with E-state index in [2.05, 4.69) is 15.3 Å². The summed E-state index contributed by atoms with van der Waals surface area (Å²) in [5.41, 5.74) is 0.777. The Balaban J connectivity index is 2.89. The second-order valence-electron chi connectivity index (χ2n) is 4.95. The molecule has 0 spiro atoms. The molecule has 0 amide bonds. The number of rotatable bonds is 7. The van der Waals surface area contributed by atoms with Crippen LogP contribution < -0.4 is 10.1 Å².